The summed E-state index contributed by atoms with van der Waals surface area (Å²) < 4.78 is 0. The molecule has 3 heterocycles. The summed E-state index contributed by atoms with van der Waals surface area (Å²) >= 11 is 0. The third kappa shape index (κ3) is 3.87. The minimum absolute atomic E-state index is 0.0270. The standard InChI is InChI=1S/C22H25N3O2/c26-21(17-7-2-1-3-8-17)19-9-6-14-25(16-19)20-15-18(10-11-23-20)22(27)24-12-4-5-13-24/h1-3,7-8,10-11,15,19H,4-6,9,12-14,16H2/t19-/m0/s1. The van der Waals surface area contributed by atoms with E-state index in [4.69, 9.17) is 0 Å². The van der Waals surface area contributed by atoms with Gasteiger partial charge in [-0.15, -0.1) is 0 Å². The number of carbonyl (C=O) groups is 2. The molecule has 0 aliphatic carbocycles. The van der Waals surface area contributed by atoms with Gasteiger partial charge in [-0.25, -0.2) is 4.98 Å². The lowest BCUT2D eigenvalue weighted by atomic mass is 9.90. The van der Waals surface area contributed by atoms with Gasteiger partial charge in [0.15, 0.2) is 5.78 Å². The summed E-state index contributed by atoms with van der Waals surface area (Å²) in [6.45, 7) is 3.21. The van der Waals surface area contributed by atoms with Crippen LogP contribution in [0.25, 0.3) is 0 Å². The zero-order valence-electron chi connectivity index (χ0n) is 15.5. The number of aromatic nitrogens is 1. The number of Topliss-reactive ketones (excluding diaryl/α,β-unsaturated/α-hetero) is 1. The highest BCUT2D eigenvalue weighted by Crippen LogP contribution is 2.25. The molecule has 2 aliphatic heterocycles. The lowest BCUT2D eigenvalue weighted by molar-refractivity contribution is 0.0792. The number of hydrogen-bond donors (Lipinski definition) is 0. The summed E-state index contributed by atoms with van der Waals surface area (Å²) in [5.74, 6) is 1.06. The number of pyridine rings is 1. The van der Waals surface area contributed by atoms with Crippen LogP contribution in [0.1, 0.15) is 46.4 Å². The number of likely N-dealkylation sites (tertiary alicyclic amines) is 1. The highest BCUT2D eigenvalue weighted by molar-refractivity contribution is 5.98. The number of anilines is 1. The summed E-state index contributed by atoms with van der Waals surface area (Å²) in [5, 5.41) is 0. The van der Waals surface area contributed by atoms with Crippen LogP contribution in [0, 0.1) is 5.92 Å². The van der Waals surface area contributed by atoms with E-state index in [1.165, 1.54) is 0 Å². The topological polar surface area (TPSA) is 53.5 Å². The average molecular weight is 363 g/mol. The van der Waals surface area contributed by atoms with Crippen molar-refractivity contribution in [2.75, 3.05) is 31.1 Å². The van der Waals surface area contributed by atoms with Crippen LogP contribution >= 0.6 is 0 Å². The molecule has 0 bridgehead atoms. The van der Waals surface area contributed by atoms with E-state index in [1.807, 2.05) is 41.3 Å². The molecule has 140 valence electrons. The van der Waals surface area contributed by atoms with E-state index in [9.17, 15) is 9.59 Å². The average Bonchev–Trinajstić information content (AvgIpc) is 3.28. The van der Waals surface area contributed by atoms with Gasteiger partial charge in [0.1, 0.15) is 5.82 Å². The zero-order chi connectivity index (χ0) is 18.6. The molecule has 27 heavy (non-hydrogen) atoms. The van der Waals surface area contributed by atoms with Gasteiger partial charge < -0.3 is 9.80 Å². The van der Waals surface area contributed by atoms with Crippen molar-refractivity contribution < 1.29 is 9.59 Å². The van der Waals surface area contributed by atoms with E-state index in [0.29, 0.717) is 12.1 Å². The normalized spacial score (nSPS) is 19.9. The summed E-state index contributed by atoms with van der Waals surface area (Å²) in [5.41, 5.74) is 1.47. The predicted octanol–water partition coefficient (Wildman–Crippen LogP) is 3.42. The van der Waals surface area contributed by atoms with Crippen molar-refractivity contribution >= 4 is 17.5 Å². The molecule has 1 aromatic carbocycles. The fraction of sp³-hybridized carbons (Fsp3) is 0.409. The molecule has 2 aromatic rings. The number of amides is 1. The summed E-state index contributed by atoms with van der Waals surface area (Å²) in [6.07, 6.45) is 5.73. The number of hydrogen-bond acceptors (Lipinski definition) is 4. The number of benzene rings is 1. The molecule has 5 nitrogen and oxygen atoms in total. The third-order valence-electron chi connectivity index (χ3n) is 5.56. The van der Waals surface area contributed by atoms with Gasteiger partial charge >= 0.3 is 0 Å². The van der Waals surface area contributed by atoms with Crippen molar-refractivity contribution in [2.24, 2.45) is 5.92 Å². The van der Waals surface area contributed by atoms with Crippen molar-refractivity contribution in [1.29, 1.82) is 0 Å². The number of piperidine rings is 1. The molecule has 2 fully saturated rings. The number of carbonyl (C=O) groups excluding carboxylic acids is 2. The van der Waals surface area contributed by atoms with Crippen LogP contribution < -0.4 is 4.90 Å². The van der Waals surface area contributed by atoms with Crippen LogP contribution in [0.3, 0.4) is 0 Å². The predicted molar refractivity (Wildman–Crippen MR) is 105 cm³/mol. The first-order valence-corrected chi connectivity index (χ1v) is 9.82. The van der Waals surface area contributed by atoms with Gasteiger partial charge in [-0.2, -0.15) is 0 Å². The molecule has 5 heteroatoms. The van der Waals surface area contributed by atoms with Crippen LogP contribution in [0.5, 0.6) is 0 Å². The van der Waals surface area contributed by atoms with E-state index in [0.717, 1.165) is 56.7 Å². The Labute approximate surface area is 160 Å². The van der Waals surface area contributed by atoms with E-state index in [1.54, 1.807) is 12.3 Å². The fourth-order valence-corrected chi connectivity index (χ4v) is 4.06. The molecular formula is C22H25N3O2. The second kappa shape index (κ2) is 7.91. The molecule has 1 atom stereocenters. The summed E-state index contributed by atoms with van der Waals surface area (Å²) in [6, 6.07) is 13.2. The van der Waals surface area contributed by atoms with Gasteiger partial charge in [0.2, 0.25) is 0 Å². The first kappa shape index (κ1) is 17.7. The third-order valence-corrected chi connectivity index (χ3v) is 5.56. The Balaban J connectivity index is 1.49. The number of nitrogens with zero attached hydrogens (tertiary/aromatic N) is 3. The van der Waals surface area contributed by atoms with Crippen LogP contribution in [0.4, 0.5) is 5.82 Å². The largest absolute Gasteiger partial charge is 0.356 e. The van der Waals surface area contributed by atoms with Gasteiger partial charge in [-0.3, -0.25) is 9.59 Å². The van der Waals surface area contributed by atoms with Crippen molar-refractivity contribution in [3.63, 3.8) is 0 Å². The second-order valence-electron chi connectivity index (χ2n) is 7.42. The van der Waals surface area contributed by atoms with E-state index in [-0.39, 0.29) is 17.6 Å². The Hall–Kier alpha value is -2.69. The lowest BCUT2D eigenvalue weighted by Gasteiger charge is -2.33. The molecule has 1 amide bonds. The van der Waals surface area contributed by atoms with Crippen LogP contribution in [-0.2, 0) is 0 Å². The van der Waals surface area contributed by atoms with Crippen molar-refractivity contribution in [3.8, 4) is 0 Å². The maximum Gasteiger partial charge on any atom is 0.254 e. The lowest BCUT2D eigenvalue weighted by Crippen LogP contribution is -2.39. The molecule has 0 saturated carbocycles. The first-order chi connectivity index (χ1) is 13.2. The van der Waals surface area contributed by atoms with Gasteiger partial charge in [0.25, 0.3) is 5.91 Å². The number of ketones is 1. The highest BCUT2D eigenvalue weighted by Gasteiger charge is 2.28. The SMILES string of the molecule is O=C(c1ccccc1)[C@H]1CCCN(c2cc(C(=O)N3CCCC3)ccn2)C1. The van der Waals surface area contributed by atoms with Gasteiger partial charge in [-0.1, -0.05) is 30.3 Å². The van der Waals surface area contributed by atoms with Crippen molar-refractivity contribution in [2.45, 2.75) is 25.7 Å². The smallest absolute Gasteiger partial charge is 0.254 e. The van der Waals surface area contributed by atoms with E-state index < -0.39 is 0 Å². The minimum atomic E-state index is -0.0270. The molecule has 2 aliphatic rings. The molecule has 0 unspecified atom stereocenters. The van der Waals surface area contributed by atoms with Crippen LogP contribution in [-0.4, -0.2) is 47.8 Å². The quantitative estimate of drug-likeness (QED) is 0.781. The number of rotatable bonds is 4. The van der Waals surface area contributed by atoms with Gasteiger partial charge in [-0.05, 0) is 37.8 Å². The zero-order valence-corrected chi connectivity index (χ0v) is 15.5. The Morgan fingerprint density at radius 1 is 0.926 bits per heavy atom. The minimum Gasteiger partial charge on any atom is -0.356 e. The Morgan fingerprint density at radius 2 is 1.70 bits per heavy atom. The summed E-state index contributed by atoms with van der Waals surface area (Å²) in [7, 11) is 0. The molecular weight excluding hydrogens is 338 g/mol. The molecule has 1 aromatic heterocycles. The maximum absolute atomic E-state index is 12.8. The molecule has 0 radical (unpaired) electrons. The van der Waals surface area contributed by atoms with E-state index in [2.05, 4.69) is 9.88 Å². The van der Waals surface area contributed by atoms with Crippen LogP contribution in [0.2, 0.25) is 0 Å². The second-order valence-corrected chi connectivity index (χ2v) is 7.42. The monoisotopic (exact) mass is 363 g/mol. The van der Waals surface area contributed by atoms with Crippen molar-refractivity contribution in [3.05, 3.63) is 59.8 Å². The van der Waals surface area contributed by atoms with Gasteiger partial charge in [0, 0.05) is 49.4 Å². The molecule has 2 saturated heterocycles. The van der Waals surface area contributed by atoms with Gasteiger partial charge in [0.05, 0.1) is 0 Å². The fourth-order valence-electron chi connectivity index (χ4n) is 4.06. The molecule has 0 N–H and O–H groups in total. The first-order valence-electron chi connectivity index (χ1n) is 9.82. The van der Waals surface area contributed by atoms with Crippen molar-refractivity contribution in [1.82, 2.24) is 9.88 Å². The molecule has 4 rings (SSSR count). The highest BCUT2D eigenvalue weighted by atomic mass is 16.2. The van der Waals surface area contributed by atoms with Crippen LogP contribution in [0.15, 0.2) is 48.7 Å². The van der Waals surface area contributed by atoms with E-state index >= 15 is 0 Å². The Morgan fingerprint density at radius 3 is 2.48 bits per heavy atom. The summed E-state index contributed by atoms with van der Waals surface area (Å²) in [4.78, 5) is 34.0. The molecule has 0 spiro atoms. The Bertz CT molecular complexity index is 815. The maximum atomic E-state index is 12.8. The Kier molecular flexibility index (Phi) is 5.19.